The normalized spacial score (nSPS) is 11.4. The SMILES string of the molecule is O=C(CCCCCCC(=O)N[C@@H](Cc1ccccc1)C(=O)NCCc1ccccc1)NO. The van der Waals surface area contributed by atoms with E-state index in [-0.39, 0.29) is 18.2 Å². The van der Waals surface area contributed by atoms with E-state index in [1.165, 1.54) is 0 Å². The van der Waals surface area contributed by atoms with Crippen LogP contribution in [-0.4, -0.2) is 35.5 Å². The molecule has 0 saturated carbocycles. The van der Waals surface area contributed by atoms with Gasteiger partial charge in [0.1, 0.15) is 6.04 Å². The van der Waals surface area contributed by atoms with Gasteiger partial charge in [-0.15, -0.1) is 0 Å². The summed E-state index contributed by atoms with van der Waals surface area (Å²) >= 11 is 0. The van der Waals surface area contributed by atoms with Gasteiger partial charge in [-0.05, 0) is 30.4 Å². The Morgan fingerprint density at radius 2 is 1.31 bits per heavy atom. The highest BCUT2D eigenvalue weighted by atomic mass is 16.5. The second kappa shape index (κ2) is 14.8. The van der Waals surface area contributed by atoms with Crippen LogP contribution in [-0.2, 0) is 27.2 Å². The first-order valence-corrected chi connectivity index (χ1v) is 11.2. The Hall–Kier alpha value is -3.19. The molecule has 0 saturated heterocycles. The minimum Gasteiger partial charge on any atom is -0.354 e. The summed E-state index contributed by atoms with van der Waals surface area (Å²) in [7, 11) is 0. The molecule has 0 heterocycles. The third-order valence-electron chi connectivity index (χ3n) is 5.17. The zero-order valence-electron chi connectivity index (χ0n) is 18.4. The van der Waals surface area contributed by atoms with Crippen molar-refractivity contribution >= 4 is 17.7 Å². The van der Waals surface area contributed by atoms with Crippen LogP contribution in [0, 0.1) is 0 Å². The van der Waals surface area contributed by atoms with E-state index in [0.717, 1.165) is 30.4 Å². The van der Waals surface area contributed by atoms with Crippen molar-refractivity contribution in [1.29, 1.82) is 0 Å². The maximum absolute atomic E-state index is 12.8. The van der Waals surface area contributed by atoms with E-state index in [9.17, 15) is 14.4 Å². The lowest BCUT2D eigenvalue weighted by atomic mass is 10.0. The van der Waals surface area contributed by atoms with Crippen molar-refractivity contribution in [2.45, 2.75) is 57.4 Å². The molecular formula is C25H33N3O4. The second-order valence-corrected chi connectivity index (χ2v) is 7.79. The van der Waals surface area contributed by atoms with Gasteiger partial charge in [0.05, 0.1) is 0 Å². The Labute approximate surface area is 189 Å². The van der Waals surface area contributed by atoms with E-state index in [0.29, 0.717) is 32.2 Å². The minimum absolute atomic E-state index is 0.155. The maximum atomic E-state index is 12.8. The molecule has 0 aliphatic carbocycles. The Kier molecular flexibility index (Phi) is 11.6. The van der Waals surface area contributed by atoms with E-state index in [4.69, 9.17) is 5.21 Å². The molecule has 0 aliphatic rings. The molecule has 172 valence electrons. The predicted molar refractivity (Wildman–Crippen MR) is 123 cm³/mol. The van der Waals surface area contributed by atoms with Gasteiger partial charge in [0.15, 0.2) is 0 Å². The van der Waals surface area contributed by atoms with Crippen molar-refractivity contribution in [3.63, 3.8) is 0 Å². The largest absolute Gasteiger partial charge is 0.354 e. The van der Waals surface area contributed by atoms with Gasteiger partial charge in [0, 0.05) is 25.8 Å². The highest BCUT2D eigenvalue weighted by Crippen LogP contribution is 2.08. The van der Waals surface area contributed by atoms with Crippen molar-refractivity contribution in [2.75, 3.05) is 6.54 Å². The highest BCUT2D eigenvalue weighted by molar-refractivity contribution is 5.87. The van der Waals surface area contributed by atoms with Crippen molar-refractivity contribution in [3.05, 3.63) is 71.8 Å². The van der Waals surface area contributed by atoms with Crippen LogP contribution >= 0.6 is 0 Å². The van der Waals surface area contributed by atoms with E-state index in [1.807, 2.05) is 60.7 Å². The van der Waals surface area contributed by atoms with Crippen LogP contribution < -0.4 is 16.1 Å². The topological polar surface area (TPSA) is 108 Å². The van der Waals surface area contributed by atoms with Crippen LogP contribution in [0.1, 0.15) is 49.7 Å². The third kappa shape index (κ3) is 10.2. The molecule has 1 atom stereocenters. The number of hydrogen-bond donors (Lipinski definition) is 4. The Morgan fingerprint density at radius 3 is 1.91 bits per heavy atom. The van der Waals surface area contributed by atoms with Crippen molar-refractivity contribution in [3.8, 4) is 0 Å². The summed E-state index contributed by atoms with van der Waals surface area (Å²) in [5.74, 6) is -0.741. The Bertz CT molecular complexity index is 828. The molecule has 32 heavy (non-hydrogen) atoms. The lowest BCUT2D eigenvalue weighted by molar-refractivity contribution is -0.129. The molecule has 0 radical (unpaired) electrons. The first-order chi connectivity index (χ1) is 15.6. The Morgan fingerprint density at radius 1 is 0.750 bits per heavy atom. The molecule has 3 amide bonds. The zero-order valence-corrected chi connectivity index (χ0v) is 18.4. The number of hydroxylamine groups is 1. The molecule has 7 nitrogen and oxygen atoms in total. The summed E-state index contributed by atoms with van der Waals surface area (Å²) in [4.78, 5) is 36.2. The monoisotopic (exact) mass is 439 g/mol. The van der Waals surface area contributed by atoms with Crippen LogP contribution in [0.5, 0.6) is 0 Å². The molecule has 2 aromatic rings. The number of hydrogen-bond acceptors (Lipinski definition) is 4. The summed E-state index contributed by atoms with van der Waals surface area (Å²) in [6.07, 6.45) is 4.70. The van der Waals surface area contributed by atoms with E-state index < -0.39 is 11.9 Å². The molecule has 2 aromatic carbocycles. The van der Waals surface area contributed by atoms with Crippen molar-refractivity contribution < 1.29 is 19.6 Å². The van der Waals surface area contributed by atoms with E-state index in [2.05, 4.69) is 10.6 Å². The first-order valence-electron chi connectivity index (χ1n) is 11.2. The van der Waals surface area contributed by atoms with Crippen LogP contribution in [0.2, 0.25) is 0 Å². The fraction of sp³-hybridized carbons (Fsp3) is 0.400. The lowest BCUT2D eigenvalue weighted by Crippen LogP contribution is -2.48. The first kappa shape index (κ1) is 25.1. The zero-order chi connectivity index (χ0) is 23.0. The fourth-order valence-corrected chi connectivity index (χ4v) is 3.40. The van der Waals surface area contributed by atoms with Crippen LogP contribution in [0.3, 0.4) is 0 Å². The van der Waals surface area contributed by atoms with Gasteiger partial charge < -0.3 is 10.6 Å². The molecule has 4 N–H and O–H groups in total. The van der Waals surface area contributed by atoms with Gasteiger partial charge in [-0.3, -0.25) is 19.6 Å². The van der Waals surface area contributed by atoms with Crippen LogP contribution in [0.25, 0.3) is 0 Å². The quantitative estimate of drug-likeness (QED) is 0.206. The van der Waals surface area contributed by atoms with Gasteiger partial charge in [0.25, 0.3) is 0 Å². The summed E-state index contributed by atoms with van der Waals surface area (Å²) in [6, 6.07) is 18.9. The van der Waals surface area contributed by atoms with Gasteiger partial charge in [0.2, 0.25) is 17.7 Å². The maximum Gasteiger partial charge on any atom is 0.243 e. The molecule has 0 fully saturated rings. The summed E-state index contributed by atoms with van der Waals surface area (Å²) in [5, 5.41) is 14.3. The number of nitrogens with one attached hydrogen (secondary N) is 3. The summed E-state index contributed by atoms with van der Waals surface area (Å²) in [5.41, 5.74) is 3.74. The second-order valence-electron chi connectivity index (χ2n) is 7.79. The number of amides is 3. The van der Waals surface area contributed by atoms with Gasteiger partial charge in [-0.25, -0.2) is 5.48 Å². The lowest BCUT2D eigenvalue weighted by Gasteiger charge is -2.19. The van der Waals surface area contributed by atoms with Crippen LogP contribution in [0.15, 0.2) is 60.7 Å². The molecule has 0 bridgehead atoms. The van der Waals surface area contributed by atoms with Gasteiger partial charge >= 0.3 is 0 Å². The fourth-order valence-electron chi connectivity index (χ4n) is 3.40. The number of benzene rings is 2. The highest BCUT2D eigenvalue weighted by Gasteiger charge is 2.20. The molecular weight excluding hydrogens is 406 g/mol. The number of unbranched alkanes of at least 4 members (excludes halogenated alkanes) is 3. The molecule has 0 unspecified atom stereocenters. The molecule has 7 heteroatoms. The summed E-state index contributed by atoms with van der Waals surface area (Å²) < 4.78 is 0. The van der Waals surface area contributed by atoms with E-state index >= 15 is 0 Å². The van der Waals surface area contributed by atoms with Crippen molar-refractivity contribution in [1.82, 2.24) is 16.1 Å². The molecule has 0 spiro atoms. The molecule has 0 aliphatic heterocycles. The average Bonchev–Trinajstić information content (AvgIpc) is 2.82. The molecule has 2 rings (SSSR count). The molecule has 0 aromatic heterocycles. The number of rotatable bonds is 14. The average molecular weight is 440 g/mol. The minimum atomic E-state index is -0.631. The predicted octanol–water partition coefficient (Wildman–Crippen LogP) is 2.92. The smallest absolute Gasteiger partial charge is 0.243 e. The standard InChI is InChI=1S/C25H33N3O4/c29-23(15-9-1-2-10-16-24(30)28-32)27-22(19-21-13-7-4-8-14-21)25(31)26-18-17-20-11-5-3-6-12-20/h3-8,11-14,22,32H,1-2,9-10,15-19H2,(H,26,31)(H,27,29)(H,28,30)/t22-/m0/s1. The van der Waals surface area contributed by atoms with Crippen molar-refractivity contribution in [2.24, 2.45) is 0 Å². The third-order valence-corrected chi connectivity index (χ3v) is 5.17. The van der Waals surface area contributed by atoms with Gasteiger partial charge in [-0.1, -0.05) is 73.5 Å². The number of carbonyl (C=O) groups excluding carboxylic acids is 3. The number of carbonyl (C=O) groups is 3. The van der Waals surface area contributed by atoms with Crippen LogP contribution in [0.4, 0.5) is 0 Å². The Balaban J connectivity index is 1.79. The summed E-state index contributed by atoms with van der Waals surface area (Å²) in [6.45, 7) is 0.505. The van der Waals surface area contributed by atoms with E-state index in [1.54, 1.807) is 5.48 Å². The van der Waals surface area contributed by atoms with Gasteiger partial charge in [-0.2, -0.15) is 0 Å².